The van der Waals surface area contributed by atoms with E-state index in [1.54, 1.807) is 11.3 Å². The van der Waals surface area contributed by atoms with Gasteiger partial charge in [0.15, 0.2) is 11.6 Å². The van der Waals surface area contributed by atoms with Crippen LogP contribution in [-0.2, 0) is 13.1 Å². The number of nitrogens with zero attached hydrogens (tertiary/aromatic N) is 2. The Hall–Kier alpha value is -1.44. The number of halogens is 3. The molecule has 0 bridgehead atoms. The lowest BCUT2D eigenvalue weighted by atomic mass is 9.77. The fourth-order valence-corrected chi connectivity index (χ4v) is 5.14. The summed E-state index contributed by atoms with van der Waals surface area (Å²) >= 11 is 1.74. The van der Waals surface area contributed by atoms with Gasteiger partial charge in [0.1, 0.15) is 5.82 Å². The van der Waals surface area contributed by atoms with Crippen molar-refractivity contribution in [2.75, 3.05) is 0 Å². The molecule has 0 saturated heterocycles. The molecule has 25 heavy (non-hydrogen) atoms. The van der Waals surface area contributed by atoms with Gasteiger partial charge in [-0.1, -0.05) is 0 Å². The number of benzene rings is 1. The number of fused-ring (bicyclic) bond motifs is 1. The minimum absolute atomic E-state index is 0.197. The highest BCUT2D eigenvalue weighted by Gasteiger charge is 2.36. The van der Waals surface area contributed by atoms with Crippen LogP contribution in [0, 0.1) is 24.4 Å². The lowest BCUT2D eigenvalue weighted by Crippen LogP contribution is -2.44. The first-order valence-corrected chi connectivity index (χ1v) is 9.33. The van der Waals surface area contributed by atoms with Crippen molar-refractivity contribution in [1.29, 1.82) is 0 Å². The van der Waals surface area contributed by atoms with Crippen LogP contribution in [0.3, 0.4) is 0 Å². The molecule has 7 heteroatoms. The van der Waals surface area contributed by atoms with Gasteiger partial charge in [-0.15, -0.1) is 11.3 Å². The van der Waals surface area contributed by atoms with Crippen molar-refractivity contribution in [2.45, 2.75) is 57.3 Å². The summed E-state index contributed by atoms with van der Waals surface area (Å²) in [5.41, 5.74) is 7.66. The van der Waals surface area contributed by atoms with Crippen molar-refractivity contribution < 1.29 is 13.2 Å². The first kappa shape index (κ1) is 17.0. The van der Waals surface area contributed by atoms with E-state index >= 15 is 0 Å². The average Bonchev–Trinajstić information content (AvgIpc) is 3.08. The van der Waals surface area contributed by atoms with Gasteiger partial charge in [-0.2, -0.15) is 0 Å². The highest BCUT2D eigenvalue weighted by Crippen LogP contribution is 2.39. The van der Waals surface area contributed by atoms with Crippen LogP contribution in [0.25, 0.3) is 0 Å². The minimum Gasteiger partial charge on any atom is -0.327 e. The zero-order valence-electron chi connectivity index (χ0n) is 13.9. The Morgan fingerprint density at radius 2 is 1.88 bits per heavy atom. The molecule has 3 nitrogen and oxygen atoms in total. The highest BCUT2D eigenvalue weighted by atomic mass is 32.1. The molecule has 1 aliphatic heterocycles. The van der Waals surface area contributed by atoms with Crippen LogP contribution in [-0.4, -0.2) is 22.0 Å². The first-order chi connectivity index (χ1) is 11.9. The van der Waals surface area contributed by atoms with Gasteiger partial charge in [0, 0.05) is 42.0 Å². The molecule has 2 aliphatic rings. The van der Waals surface area contributed by atoms with E-state index in [1.165, 1.54) is 4.88 Å². The summed E-state index contributed by atoms with van der Waals surface area (Å²) in [6.07, 6.45) is 2.26. The average molecular weight is 367 g/mol. The van der Waals surface area contributed by atoms with Gasteiger partial charge in [0.05, 0.1) is 10.7 Å². The van der Waals surface area contributed by atoms with Gasteiger partial charge in [-0.05, 0) is 37.8 Å². The number of nitrogens with two attached hydrogens (primary N) is 1. The van der Waals surface area contributed by atoms with Crippen molar-refractivity contribution in [3.8, 4) is 0 Å². The molecule has 1 saturated carbocycles. The monoisotopic (exact) mass is 367 g/mol. The molecule has 134 valence electrons. The van der Waals surface area contributed by atoms with Crippen molar-refractivity contribution in [1.82, 2.24) is 9.88 Å². The molecule has 2 N–H and O–H groups in total. The number of aryl methyl sites for hydroxylation is 1. The van der Waals surface area contributed by atoms with E-state index in [4.69, 9.17) is 5.73 Å². The molecule has 2 heterocycles. The smallest absolute Gasteiger partial charge is 0.161 e. The summed E-state index contributed by atoms with van der Waals surface area (Å²) in [4.78, 5) is 8.27. The second-order valence-corrected chi connectivity index (χ2v) is 8.32. The van der Waals surface area contributed by atoms with E-state index in [2.05, 4.69) is 9.88 Å². The van der Waals surface area contributed by atoms with Crippen LogP contribution in [0.4, 0.5) is 13.2 Å². The fourth-order valence-electron chi connectivity index (χ4n) is 4.17. The van der Waals surface area contributed by atoms with Gasteiger partial charge in [0.25, 0.3) is 0 Å². The third-order valence-electron chi connectivity index (χ3n) is 5.41. The topological polar surface area (TPSA) is 42.2 Å². The molecule has 0 spiro atoms. The largest absolute Gasteiger partial charge is 0.327 e. The van der Waals surface area contributed by atoms with E-state index in [9.17, 15) is 13.2 Å². The molecule has 0 amide bonds. The summed E-state index contributed by atoms with van der Waals surface area (Å²) in [6, 6.07) is 1.64. The summed E-state index contributed by atoms with van der Waals surface area (Å²) < 4.78 is 40.8. The summed E-state index contributed by atoms with van der Waals surface area (Å²) in [6.45, 7) is 3.74. The van der Waals surface area contributed by atoms with Crippen LogP contribution in [0.2, 0.25) is 0 Å². The molecule has 1 aromatic carbocycles. The fraction of sp³-hybridized carbons (Fsp3) is 0.500. The molecule has 1 aromatic heterocycles. The Kier molecular flexibility index (Phi) is 4.33. The summed E-state index contributed by atoms with van der Waals surface area (Å²) in [7, 11) is 0. The van der Waals surface area contributed by atoms with Crippen LogP contribution >= 0.6 is 11.3 Å². The Morgan fingerprint density at radius 3 is 2.60 bits per heavy atom. The van der Waals surface area contributed by atoms with Crippen molar-refractivity contribution in [3.05, 3.63) is 50.7 Å². The second-order valence-electron chi connectivity index (χ2n) is 7.03. The predicted octanol–water partition coefficient (Wildman–Crippen LogP) is 3.85. The third-order valence-corrected chi connectivity index (χ3v) is 6.41. The summed E-state index contributed by atoms with van der Waals surface area (Å²) in [5, 5.41) is 1.10. The maximum absolute atomic E-state index is 14.1. The minimum atomic E-state index is -1.16. The zero-order chi connectivity index (χ0) is 17.7. The number of hydrogen-bond donors (Lipinski definition) is 1. The van der Waals surface area contributed by atoms with E-state index in [0.717, 1.165) is 42.7 Å². The molecular formula is C18H20F3N3S. The SMILES string of the molecule is Cc1nc2c(s1)CN([C@H]1CC[C@H](c3cc(F)c(F)cc3F)[C@@H](N)C1)C2. The van der Waals surface area contributed by atoms with Crippen molar-refractivity contribution in [2.24, 2.45) is 5.73 Å². The molecule has 3 atom stereocenters. The van der Waals surface area contributed by atoms with Gasteiger partial charge < -0.3 is 5.73 Å². The maximum atomic E-state index is 14.1. The molecule has 0 unspecified atom stereocenters. The Labute approximate surface area is 148 Å². The molecule has 1 aliphatic carbocycles. The van der Waals surface area contributed by atoms with E-state index < -0.39 is 17.5 Å². The Balaban J connectivity index is 1.46. The Morgan fingerprint density at radius 1 is 1.12 bits per heavy atom. The number of hydrogen-bond acceptors (Lipinski definition) is 4. The second kappa shape index (κ2) is 6.37. The zero-order valence-corrected chi connectivity index (χ0v) is 14.8. The number of aromatic nitrogens is 1. The third kappa shape index (κ3) is 3.09. The Bertz CT molecular complexity index is 784. The van der Waals surface area contributed by atoms with Gasteiger partial charge in [0.2, 0.25) is 0 Å². The van der Waals surface area contributed by atoms with Gasteiger partial charge in [-0.25, -0.2) is 18.2 Å². The number of rotatable bonds is 2. The standard InChI is InChI=1S/C18H20F3N3S/c1-9-23-17-7-24(8-18(17)25-9)10-2-3-11(16(22)4-10)12-5-14(20)15(21)6-13(12)19/h5-6,10-11,16H,2-4,7-8,22H2,1H3/t10-,11+,16-/m0/s1. The lowest BCUT2D eigenvalue weighted by molar-refractivity contribution is 0.137. The van der Waals surface area contributed by atoms with E-state index in [0.29, 0.717) is 18.5 Å². The van der Waals surface area contributed by atoms with Crippen LogP contribution in [0.1, 0.15) is 46.3 Å². The van der Waals surface area contributed by atoms with Crippen molar-refractivity contribution in [3.63, 3.8) is 0 Å². The number of thiazole rings is 1. The van der Waals surface area contributed by atoms with Crippen molar-refractivity contribution >= 4 is 11.3 Å². The molecule has 1 fully saturated rings. The maximum Gasteiger partial charge on any atom is 0.161 e. The van der Waals surface area contributed by atoms with E-state index in [1.807, 2.05) is 6.92 Å². The van der Waals surface area contributed by atoms with Gasteiger partial charge >= 0.3 is 0 Å². The normalized spacial score (nSPS) is 26.8. The first-order valence-electron chi connectivity index (χ1n) is 8.51. The molecular weight excluding hydrogens is 347 g/mol. The van der Waals surface area contributed by atoms with Crippen LogP contribution < -0.4 is 5.73 Å². The molecule has 2 aromatic rings. The molecule has 4 rings (SSSR count). The van der Waals surface area contributed by atoms with Crippen LogP contribution in [0.15, 0.2) is 12.1 Å². The quantitative estimate of drug-likeness (QED) is 0.820. The highest BCUT2D eigenvalue weighted by molar-refractivity contribution is 7.11. The predicted molar refractivity (Wildman–Crippen MR) is 90.8 cm³/mol. The van der Waals surface area contributed by atoms with Crippen LogP contribution in [0.5, 0.6) is 0 Å². The van der Waals surface area contributed by atoms with Gasteiger partial charge in [-0.3, -0.25) is 4.90 Å². The van der Waals surface area contributed by atoms with E-state index in [-0.39, 0.29) is 17.5 Å². The molecule has 0 radical (unpaired) electrons. The summed E-state index contributed by atoms with van der Waals surface area (Å²) in [5.74, 6) is -3.16. The lowest BCUT2D eigenvalue weighted by Gasteiger charge is -2.38.